The van der Waals surface area contributed by atoms with Crippen molar-refractivity contribution >= 4 is 17.3 Å². The van der Waals surface area contributed by atoms with Crippen LogP contribution in [0.15, 0.2) is 18.2 Å². The summed E-state index contributed by atoms with van der Waals surface area (Å²) in [7, 11) is 0. The molecule has 0 unspecified atom stereocenters. The monoisotopic (exact) mass is 289 g/mol. The molecule has 1 aliphatic heterocycles. The van der Waals surface area contributed by atoms with Crippen LogP contribution in [-0.2, 0) is 0 Å². The highest BCUT2D eigenvalue weighted by Crippen LogP contribution is 2.40. The average molecular weight is 289 g/mol. The number of nitrogens with two attached hydrogens (primary N) is 1. The smallest absolute Gasteiger partial charge is 0.251 e. The molecule has 4 heteroatoms. The van der Waals surface area contributed by atoms with E-state index in [1.54, 1.807) is 6.07 Å². The molecule has 1 saturated heterocycles. The molecular formula is C17H27N3O. The van der Waals surface area contributed by atoms with Gasteiger partial charge in [-0.2, -0.15) is 0 Å². The van der Waals surface area contributed by atoms with Crippen molar-refractivity contribution in [2.24, 2.45) is 5.41 Å². The second-order valence-corrected chi connectivity index (χ2v) is 6.01. The van der Waals surface area contributed by atoms with Crippen LogP contribution in [0.5, 0.6) is 0 Å². The van der Waals surface area contributed by atoms with E-state index in [1.807, 2.05) is 19.1 Å². The Labute approximate surface area is 127 Å². The van der Waals surface area contributed by atoms with E-state index in [-0.39, 0.29) is 5.91 Å². The van der Waals surface area contributed by atoms with Gasteiger partial charge in [0.2, 0.25) is 0 Å². The SMILES string of the molecule is CCNC(=O)c1ccc(N2CCC(CC)(CC)C2)c(N)c1. The lowest BCUT2D eigenvalue weighted by Crippen LogP contribution is -2.27. The number of rotatable bonds is 5. The van der Waals surface area contributed by atoms with E-state index < -0.39 is 0 Å². The molecule has 3 N–H and O–H groups in total. The van der Waals surface area contributed by atoms with Crippen LogP contribution in [0.3, 0.4) is 0 Å². The predicted molar refractivity (Wildman–Crippen MR) is 88.7 cm³/mol. The summed E-state index contributed by atoms with van der Waals surface area (Å²) in [6.07, 6.45) is 3.63. The van der Waals surface area contributed by atoms with Gasteiger partial charge in [-0.3, -0.25) is 4.79 Å². The zero-order valence-electron chi connectivity index (χ0n) is 13.4. The van der Waals surface area contributed by atoms with Crippen LogP contribution in [0.1, 0.15) is 50.4 Å². The van der Waals surface area contributed by atoms with Gasteiger partial charge >= 0.3 is 0 Å². The molecule has 0 spiro atoms. The van der Waals surface area contributed by atoms with Crippen molar-refractivity contribution in [2.45, 2.75) is 40.0 Å². The van der Waals surface area contributed by atoms with Crippen molar-refractivity contribution in [3.8, 4) is 0 Å². The summed E-state index contributed by atoms with van der Waals surface area (Å²) >= 11 is 0. The van der Waals surface area contributed by atoms with Gasteiger partial charge in [-0.1, -0.05) is 13.8 Å². The topological polar surface area (TPSA) is 58.4 Å². The molecule has 116 valence electrons. The second-order valence-electron chi connectivity index (χ2n) is 6.01. The van der Waals surface area contributed by atoms with Gasteiger partial charge < -0.3 is 16.0 Å². The van der Waals surface area contributed by atoms with Gasteiger partial charge in [-0.05, 0) is 49.8 Å². The molecule has 0 radical (unpaired) electrons. The fraction of sp³-hybridized carbons (Fsp3) is 0.588. The number of nitrogen functional groups attached to an aromatic ring is 1. The summed E-state index contributed by atoms with van der Waals surface area (Å²) in [5.74, 6) is -0.0614. The first-order valence-electron chi connectivity index (χ1n) is 7.98. The molecule has 1 aromatic carbocycles. The van der Waals surface area contributed by atoms with E-state index in [0.29, 0.717) is 23.2 Å². The van der Waals surface area contributed by atoms with Crippen LogP contribution in [0.2, 0.25) is 0 Å². The summed E-state index contributed by atoms with van der Waals surface area (Å²) in [4.78, 5) is 14.2. The molecule has 1 heterocycles. The number of nitrogens with one attached hydrogen (secondary N) is 1. The number of carbonyl (C=O) groups excluding carboxylic acids is 1. The molecule has 21 heavy (non-hydrogen) atoms. The lowest BCUT2D eigenvalue weighted by atomic mass is 9.82. The number of hydrogen-bond donors (Lipinski definition) is 2. The van der Waals surface area contributed by atoms with E-state index in [1.165, 1.54) is 19.3 Å². The van der Waals surface area contributed by atoms with Crippen molar-refractivity contribution in [3.05, 3.63) is 23.8 Å². The Morgan fingerprint density at radius 1 is 1.33 bits per heavy atom. The van der Waals surface area contributed by atoms with Gasteiger partial charge in [0.15, 0.2) is 0 Å². The first kappa shape index (κ1) is 15.7. The van der Waals surface area contributed by atoms with Crippen LogP contribution in [0.4, 0.5) is 11.4 Å². The Bertz CT molecular complexity index is 509. The van der Waals surface area contributed by atoms with Gasteiger partial charge in [0.25, 0.3) is 5.91 Å². The molecule has 4 nitrogen and oxygen atoms in total. The third kappa shape index (κ3) is 3.14. The molecule has 1 amide bonds. The zero-order chi connectivity index (χ0) is 15.5. The Balaban J connectivity index is 2.17. The van der Waals surface area contributed by atoms with Gasteiger partial charge in [-0.15, -0.1) is 0 Å². The number of amides is 1. The van der Waals surface area contributed by atoms with Crippen LogP contribution in [-0.4, -0.2) is 25.5 Å². The molecular weight excluding hydrogens is 262 g/mol. The number of hydrogen-bond acceptors (Lipinski definition) is 3. The Hall–Kier alpha value is -1.71. The molecule has 0 saturated carbocycles. The summed E-state index contributed by atoms with van der Waals surface area (Å²) < 4.78 is 0. The zero-order valence-corrected chi connectivity index (χ0v) is 13.4. The fourth-order valence-corrected chi connectivity index (χ4v) is 3.21. The van der Waals surface area contributed by atoms with E-state index in [0.717, 1.165) is 18.8 Å². The minimum Gasteiger partial charge on any atom is -0.397 e. The minimum atomic E-state index is -0.0614. The summed E-state index contributed by atoms with van der Waals surface area (Å²) in [5.41, 5.74) is 9.00. The molecule has 2 rings (SSSR count). The van der Waals surface area contributed by atoms with Gasteiger partial charge in [-0.25, -0.2) is 0 Å². The molecule has 0 atom stereocenters. The van der Waals surface area contributed by atoms with E-state index >= 15 is 0 Å². The lowest BCUT2D eigenvalue weighted by Gasteiger charge is -2.27. The van der Waals surface area contributed by atoms with Crippen LogP contribution >= 0.6 is 0 Å². The fourth-order valence-electron chi connectivity index (χ4n) is 3.21. The molecule has 0 bridgehead atoms. The van der Waals surface area contributed by atoms with Gasteiger partial charge in [0.05, 0.1) is 11.4 Å². The number of carbonyl (C=O) groups is 1. The Morgan fingerprint density at radius 3 is 2.57 bits per heavy atom. The van der Waals surface area contributed by atoms with Crippen LogP contribution in [0, 0.1) is 5.41 Å². The maximum atomic E-state index is 11.8. The standard InChI is InChI=1S/C17H27N3O/c1-4-17(5-2)9-10-20(12-17)15-8-7-13(11-14(15)18)16(21)19-6-3/h7-8,11H,4-6,9-10,12,18H2,1-3H3,(H,19,21). The number of nitrogens with zero attached hydrogens (tertiary/aromatic N) is 1. The summed E-state index contributed by atoms with van der Waals surface area (Å²) in [5, 5.41) is 2.80. The third-order valence-corrected chi connectivity index (χ3v) is 4.91. The van der Waals surface area contributed by atoms with E-state index in [2.05, 4.69) is 24.1 Å². The van der Waals surface area contributed by atoms with Crippen molar-refractivity contribution in [1.29, 1.82) is 0 Å². The highest BCUT2D eigenvalue weighted by Gasteiger charge is 2.35. The van der Waals surface area contributed by atoms with Gasteiger partial charge in [0, 0.05) is 25.2 Å². The highest BCUT2D eigenvalue weighted by molar-refractivity contribution is 5.96. The molecule has 1 aromatic rings. The Kier molecular flexibility index (Phi) is 4.76. The van der Waals surface area contributed by atoms with Gasteiger partial charge in [0.1, 0.15) is 0 Å². The lowest BCUT2D eigenvalue weighted by molar-refractivity contribution is 0.0956. The molecule has 0 aromatic heterocycles. The van der Waals surface area contributed by atoms with Crippen molar-refractivity contribution in [3.63, 3.8) is 0 Å². The maximum absolute atomic E-state index is 11.8. The average Bonchev–Trinajstić information content (AvgIpc) is 2.92. The normalized spacial score (nSPS) is 17.0. The molecule has 0 aliphatic carbocycles. The van der Waals surface area contributed by atoms with E-state index in [4.69, 9.17) is 5.73 Å². The van der Waals surface area contributed by atoms with Crippen molar-refractivity contribution in [2.75, 3.05) is 30.3 Å². The largest absolute Gasteiger partial charge is 0.397 e. The first-order chi connectivity index (χ1) is 10.0. The Morgan fingerprint density at radius 2 is 2.05 bits per heavy atom. The predicted octanol–water partition coefficient (Wildman–Crippen LogP) is 3.04. The maximum Gasteiger partial charge on any atom is 0.251 e. The first-order valence-corrected chi connectivity index (χ1v) is 7.98. The number of benzene rings is 1. The van der Waals surface area contributed by atoms with Crippen molar-refractivity contribution < 1.29 is 4.79 Å². The summed E-state index contributed by atoms with van der Waals surface area (Å²) in [6.45, 7) is 9.19. The van der Waals surface area contributed by atoms with E-state index in [9.17, 15) is 4.79 Å². The number of anilines is 2. The van der Waals surface area contributed by atoms with Crippen LogP contribution in [0.25, 0.3) is 0 Å². The second kappa shape index (κ2) is 6.37. The highest BCUT2D eigenvalue weighted by atomic mass is 16.1. The molecule has 1 fully saturated rings. The third-order valence-electron chi connectivity index (χ3n) is 4.91. The summed E-state index contributed by atoms with van der Waals surface area (Å²) in [6, 6.07) is 5.65. The van der Waals surface area contributed by atoms with Crippen molar-refractivity contribution in [1.82, 2.24) is 5.32 Å². The van der Waals surface area contributed by atoms with Crippen LogP contribution < -0.4 is 16.0 Å². The minimum absolute atomic E-state index is 0.0614. The molecule has 1 aliphatic rings. The quantitative estimate of drug-likeness (QED) is 0.819.